The highest BCUT2D eigenvalue weighted by molar-refractivity contribution is 5.80. The molecular formula is C21H30N6. The SMILES string of the molecule is CCNC(=NCc1nnc2n1CCC2)N1CCC(Cc2ccccc2)CC1. The lowest BCUT2D eigenvalue weighted by Gasteiger charge is -2.34. The van der Waals surface area contributed by atoms with E-state index < -0.39 is 0 Å². The number of benzene rings is 1. The number of hydrogen-bond acceptors (Lipinski definition) is 3. The molecular weight excluding hydrogens is 336 g/mol. The number of piperidine rings is 1. The molecule has 144 valence electrons. The van der Waals surface area contributed by atoms with Gasteiger partial charge >= 0.3 is 0 Å². The van der Waals surface area contributed by atoms with Gasteiger partial charge in [0, 0.05) is 32.6 Å². The summed E-state index contributed by atoms with van der Waals surface area (Å²) in [5, 5.41) is 12.1. The molecule has 0 atom stereocenters. The highest BCUT2D eigenvalue weighted by Crippen LogP contribution is 2.22. The maximum atomic E-state index is 4.87. The summed E-state index contributed by atoms with van der Waals surface area (Å²) in [5.74, 6) is 3.90. The van der Waals surface area contributed by atoms with E-state index in [1.807, 2.05) is 0 Å². The third kappa shape index (κ3) is 4.31. The van der Waals surface area contributed by atoms with Gasteiger partial charge in [0.15, 0.2) is 11.8 Å². The van der Waals surface area contributed by atoms with Crippen LogP contribution in [-0.4, -0.2) is 45.3 Å². The van der Waals surface area contributed by atoms with Crippen LogP contribution in [0, 0.1) is 5.92 Å². The zero-order chi connectivity index (χ0) is 18.5. The second-order valence-corrected chi connectivity index (χ2v) is 7.58. The molecule has 4 rings (SSSR count). The summed E-state index contributed by atoms with van der Waals surface area (Å²) in [5.41, 5.74) is 1.46. The Hall–Kier alpha value is -2.37. The molecule has 2 aliphatic heterocycles. The molecule has 27 heavy (non-hydrogen) atoms. The number of likely N-dealkylation sites (tertiary alicyclic amines) is 1. The minimum absolute atomic E-state index is 0.610. The van der Waals surface area contributed by atoms with E-state index in [0.29, 0.717) is 6.54 Å². The van der Waals surface area contributed by atoms with E-state index in [2.05, 4.69) is 62.2 Å². The van der Waals surface area contributed by atoms with Crippen LogP contribution in [0.15, 0.2) is 35.3 Å². The number of aryl methyl sites for hydroxylation is 1. The fraction of sp³-hybridized carbons (Fsp3) is 0.571. The normalized spacial score (nSPS) is 18.0. The van der Waals surface area contributed by atoms with E-state index in [1.54, 1.807) is 0 Å². The van der Waals surface area contributed by atoms with Crippen molar-refractivity contribution >= 4 is 5.96 Å². The fourth-order valence-corrected chi connectivity index (χ4v) is 4.20. The van der Waals surface area contributed by atoms with E-state index in [0.717, 1.165) is 56.1 Å². The van der Waals surface area contributed by atoms with Gasteiger partial charge in [-0.3, -0.25) is 0 Å². The van der Waals surface area contributed by atoms with Crippen molar-refractivity contribution in [3.8, 4) is 0 Å². The number of aromatic nitrogens is 3. The molecule has 0 aliphatic carbocycles. The van der Waals surface area contributed by atoms with Crippen molar-refractivity contribution in [1.82, 2.24) is 25.0 Å². The van der Waals surface area contributed by atoms with Crippen LogP contribution in [0.1, 0.15) is 43.4 Å². The van der Waals surface area contributed by atoms with Crippen LogP contribution in [0.3, 0.4) is 0 Å². The number of nitrogens with one attached hydrogen (secondary N) is 1. The van der Waals surface area contributed by atoms with Crippen molar-refractivity contribution in [2.24, 2.45) is 10.9 Å². The Morgan fingerprint density at radius 3 is 2.74 bits per heavy atom. The van der Waals surface area contributed by atoms with Crippen molar-refractivity contribution in [3.05, 3.63) is 47.5 Å². The first-order valence-corrected chi connectivity index (χ1v) is 10.3. The lowest BCUT2D eigenvalue weighted by atomic mass is 9.90. The first kappa shape index (κ1) is 18.0. The van der Waals surface area contributed by atoms with Crippen LogP contribution in [0.25, 0.3) is 0 Å². The predicted octanol–water partition coefficient (Wildman–Crippen LogP) is 2.64. The van der Waals surface area contributed by atoms with Crippen LogP contribution < -0.4 is 5.32 Å². The Bertz CT molecular complexity index is 758. The molecule has 0 radical (unpaired) electrons. The van der Waals surface area contributed by atoms with Gasteiger partial charge in [-0.1, -0.05) is 30.3 Å². The van der Waals surface area contributed by atoms with E-state index in [-0.39, 0.29) is 0 Å². The monoisotopic (exact) mass is 366 g/mol. The van der Waals surface area contributed by atoms with Crippen LogP contribution in [-0.2, 0) is 25.9 Å². The van der Waals surface area contributed by atoms with Crippen LogP contribution in [0.5, 0.6) is 0 Å². The molecule has 1 fully saturated rings. The van der Waals surface area contributed by atoms with Crippen molar-refractivity contribution in [2.75, 3.05) is 19.6 Å². The van der Waals surface area contributed by atoms with Gasteiger partial charge in [-0.2, -0.15) is 0 Å². The zero-order valence-corrected chi connectivity index (χ0v) is 16.3. The fourth-order valence-electron chi connectivity index (χ4n) is 4.20. The largest absolute Gasteiger partial charge is 0.357 e. The molecule has 0 spiro atoms. The van der Waals surface area contributed by atoms with Gasteiger partial charge in [0.05, 0.1) is 0 Å². The second kappa shape index (κ2) is 8.55. The predicted molar refractivity (Wildman–Crippen MR) is 108 cm³/mol. The molecule has 1 aromatic carbocycles. The van der Waals surface area contributed by atoms with E-state index in [4.69, 9.17) is 4.99 Å². The molecule has 0 unspecified atom stereocenters. The summed E-state index contributed by atoms with van der Waals surface area (Å²) in [4.78, 5) is 7.28. The smallest absolute Gasteiger partial charge is 0.194 e. The average Bonchev–Trinajstić information content (AvgIpc) is 3.31. The maximum Gasteiger partial charge on any atom is 0.194 e. The zero-order valence-electron chi connectivity index (χ0n) is 16.3. The van der Waals surface area contributed by atoms with Gasteiger partial charge in [0.25, 0.3) is 0 Å². The third-order valence-corrected chi connectivity index (χ3v) is 5.67. The molecule has 6 nitrogen and oxygen atoms in total. The molecule has 2 aliphatic rings. The second-order valence-electron chi connectivity index (χ2n) is 7.58. The Kier molecular flexibility index (Phi) is 5.70. The van der Waals surface area contributed by atoms with Gasteiger partial charge in [0.1, 0.15) is 12.4 Å². The third-order valence-electron chi connectivity index (χ3n) is 5.67. The van der Waals surface area contributed by atoms with Gasteiger partial charge in [-0.15, -0.1) is 10.2 Å². The molecule has 3 heterocycles. The first-order valence-electron chi connectivity index (χ1n) is 10.3. The summed E-state index contributed by atoms with van der Waals surface area (Å²) in [6.07, 6.45) is 5.86. The van der Waals surface area contributed by atoms with E-state index >= 15 is 0 Å². The summed E-state index contributed by atoms with van der Waals surface area (Å²) in [6.45, 7) is 6.81. The Morgan fingerprint density at radius 1 is 1.15 bits per heavy atom. The van der Waals surface area contributed by atoms with Crippen molar-refractivity contribution in [3.63, 3.8) is 0 Å². The number of aliphatic imine (C=N–C) groups is 1. The van der Waals surface area contributed by atoms with Crippen molar-refractivity contribution in [1.29, 1.82) is 0 Å². The summed E-state index contributed by atoms with van der Waals surface area (Å²) in [7, 11) is 0. The molecule has 6 heteroatoms. The number of rotatable bonds is 5. The van der Waals surface area contributed by atoms with Crippen LogP contribution in [0.2, 0.25) is 0 Å². The lowest BCUT2D eigenvalue weighted by molar-refractivity contribution is 0.259. The number of hydrogen-bond donors (Lipinski definition) is 1. The lowest BCUT2D eigenvalue weighted by Crippen LogP contribution is -2.45. The Labute approximate surface area is 161 Å². The molecule has 0 saturated carbocycles. The van der Waals surface area contributed by atoms with E-state index in [1.165, 1.54) is 31.2 Å². The summed E-state index contributed by atoms with van der Waals surface area (Å²) in [6, 6.07) is 10.9. The molecule has 1 N–H and O–H groups in total. The maximum absolute atomic E-state index is 4.87. The van der Waals surface area contributed by atoms with Crippen molar-refractivity contribution in [2.45, 2.75) is 52.1 Å². The standard InChI is InChI=1S/C21H30N6/c1-2-22-21(23-16-20-25-24-19-9-6-12-27(19)20)26-13-10-18(11-14-26)15-17-7-4-3-5-8-17/h3-5,7-8,18H,2,6,9-16H2,1H3,(H,22,23). The van der Waals surface area contributed by atoms with Gasteiger partial charge in [-0.25, -0.2) is 4.99 Å². The highest BCUT2D eigenvalue weighted by atomic mass is 15.3. The topological polar surface area (TPSA) is 58.3 Å². The number of nitrogens with zero attached hydrogens (tertiary/aromatic N) is 5. The molecule has 0 bridgehead atoms. The van der Waals surface area contributed by atoms with Gasteiger partial charge in [-0.05, 0) is 44.1 Å². The van der Waals surface area contributed by atoms with E-state index in [9.17, 15) is 0 Å². The minimum Gasteiger partial charge on any atom is -0.357 e. The molecule has 1 saturated heterocycles. The van der Waals surface area contributed by atoms with Crippen molar-refractivity contribution < 1.29 is 0 Å². The minimum atomic E-state index is 0.610. The van der Waals surface area contributed by atoms with Gasteiger partial charge in [0.2, 0.25) is 0 Å². The van der Waals surface area contributed by atoms with Crippen LogP contribution >= 0.6 is 0 Å². The average molecular weight is 367 g/mol. The Morgan fingerprint density at radius 2 is 1.96 bits per heavy atom. The van der Waals surface area contributed by atoms with Crippen LogP contribution in [0.4, 0.5) is 0 Å². The quantitative estimate of drug-likeness (QED) is 0.653. The first-order chi connectivity index (χ1) is 13.3. The number of guanidine groups is 1. The van der Waals surface area contributed by atoms with Gasteiger partial charge < -0.3 is 14.8 Å². The number of fused-ring (bicyclic) bond motifs is 1. The molecule has 1 aromatic heterocycles. The molecule has 2 aromatic rings. The Balaban J connectivity index is 1.35. The summed E-state index contributed by atoms with van der Waals surface area (Å²) < 4.78 is 2.24. The molecule has 0 amide bonds. The summed E-state index contributed by atoms with van der Waals surface area (Å²) >= 11 is 0. The highest BCUT2D eigenvalue weighted by Gasteiger charge is 2.22.